The van der Waals surface area contributed by atoms with E-state index in [2.05, 4.69) is 12.1 Å². The van der Waals surface area contributed by atoms with Gasteiger partial charge in [-0.1, -0.05) is 31.2 Å². The Morgan fingerprint density at radius 3 is 3.05 bits per heavy atom. The number of carbonyl (C=O) groups is 1. The molecule has 0 aliphatic carbocycles. The lowest BCUT2D eigenvalue weighted by atomic mass is 9.93. The van der Waals surface area contributed by atoms with Crippen molar-refractivity contribution in [2.45, 2.75) is 38.4 Å². The number of aliphatic hydroxyl groups excluding tert-OH is 1. The average molecular weight is 289 g/mol. The smallest absolute Gasteiger partial charge is 0.225 e. The Morgan fingerprint density at radius 2 is 2.24 bits per heavy atom. The third-order valence-corrected chi connectivity index (χ3v) is 4.72. The number of β-amino-alcohol motifs (C(OH)–C–C–N with tert-alkyl or cyclic N) is 1. The summed E-state index contributed by atoms with van der Waals surface area (Å²) in [5, 5.41) is 9.94. The molecule has 2 heterocycles. The van der Waals surface area contributed by atoms with E-state index < -0.39 is 6.10 Å². The molecular weight excluding hydrogens is 266 g/mol. The van der Waals surface area contributed by atoms with Gasteiger partial charge in [0.1, 0.15) is 0 Å². The molecule has 0 spiro atoms. The molecule has 3 unspecified atom stereocenters. The molecule has 0 aromatic heterocycles. The first-order chi connectivity index (χ1) is 10.1. The summed E-state index contributed by atoms with van der Waals surface area (Å²) in [6, 6.07) is 8.20. The van der Waals surface area contributed by atoms with E-state index in [1.54, 1.807) is 4.90 Å². The van der Waals surface area contributed by atoms with Crippen molar-refractivity contribution in [3.8, 4) is 0 Å². The van der Waals surface area contributed by atoms with Crippen molar-refractivity contribution in [2.75, 3.05) is 19.7 Å². The molecule has 1 fully saturated rings. The summed E-state index contributed by atoms with van der Waals surface area (Å²) in [5.74, 6) is 0.364. The first-order valence-electron chi connectivity index (χ1n) is 7.80. The summed E-state index contributed by atoms with van der Waals surface area (Å²) in [5.41, 5.74) is 2.43. The number of benzene rings is 1. The second-order valence-electron chi connectivity index (χ2n) is 6.19. The lowest BCUT2D eigenvalue weighted by molar-refractivity contribution is -0.138. The number of aliphatic hydroxyl groups is 1. The van der Waals surface area contributed by atoms with Crippen LogP contribution in [0.3, 0.4) is 0 Å². The van der Waals surface area contributed by atoms with Crippen LogP contribution in [0.4, 0.5) is 0 Å². The van der Waals surface area contributed by atoms with Crippen molar-refractivity contribution in [3.63, 3.8) is 0 Å². The number of ether oxygens (including phenoxy) is 1. The largest absolute Gasteiger partial charge is 0.391 e. The van der Waals surface area contributed by atoms with Gasteiger partial charge in [-0.15, -0.1) is 0 Å². The summed E-state index contributed by atoms with van der Waals surface area (Å²) in [7, 11) is 0. The van der Waals surface area contributed by atoms with Crippen LogP contribution in [0, 0.1) is 5.92 Å². The molecule has 1 N–H and O–H groups in total. The molecular formula is C17H23NO3. The highest BCUT2D eigenvalue weighted by atomic mass is 16.5. The van der Waals surface area contributed by atoms with Gasteiger partial charge in [0.05, 0.1) is 25.2 Å². The van der Waals surface area contributed by atoms with Crippen LogP contribution < -0.4 is 0 Å². The zero-order valence-electron chi connectivity index (χ0n) is 12.5. The van der Waals surface area contributed by atoms with Crippen LogP contribution in [0.15, 0.2) is 24.3 Å². The molecule has 3 atom stereocenters. The average Bonchev–Trinajstić information content (AvgIpc) is 2.50. The standard InChI is InChI=1S/C17H23NO3/c1-12-6-8-18(11-15(12)19)17(20)10-16-14-5-3-2-4-13(14)7-9-21-16/h2-5,12,15-16,19H,6-11H2,1H3. The van der Waals surface area contributed by atoms with Crippen molar-refractivity contribution >= 4 is 5.91 Å². The SMILES string of the molecule is CC1CCN(C(=O)CC2OCCc3ccccc32)CC1O. The number of hydrogen-bond acceptors (Lipinski definition) is 3. The maximum Gasteiger partial charge on any atom is 0.225 e. The Hall–Kier alpha value is -1.39. The molecule has 2 aliphatic heterocycles. The van der Waals surface area contributed by atoms with Crippen molar-refractivity contribution in [3.05, 3.63) is 35.4 Å². The zero-order chi connectivity index (χ0) is 14.8. The van der Waals surface area contributed by atoms with Gasteiger partial charge >= 0.3 is 0 Å². The Morgan fingerprint density at radius 1 is 1.43 bits per heavy atom. The summed E-state index contributed by atoms with van der Waals surface area (Å²) in [6.45, 7) is 3.90. The van der Waals surface area contributed by atoms with Gasteiger partial charge < -0.3 is 14.7 Å². The predicted molar refractivity (Wildman–Crippen MR) is 79.8 cm³/mol. The van der Waals surface area contributed by atoms with E-state index in [4.69, 9.17) is 4.74 Å². The van der Waals surface area contributed by atoms with Crippen molar-refractivity contribution in [1.29, 1.82) is 0 Å². The highest BCUT2D eigenvalue weighted by Crippen LogP contribution is 2.30. The first-order valence-corrected chi connectivity index (χ1v) is 7.80. The molecule has 3 rings (SSSR count). The highest BCUT2D eigenvalue weighted by Gasteiger charge is 2.30. The zero-order valence-corrected chi connectivity index (χ0v) is 12.5. The van der Waals surface area contributed by atoms with Gasteiger partial charge in [0, 0.05) is 13.1 Å². The van der Waals surface area contributed by atoms with Crippen molar-refractivity contribution < 1.29 is 14.6 Å². The van der Waals surface area contributed by atoms with Gasteiger partial charge in [-0.3, -0.25) is 4.79 Å². The second-order valence-corrected chi connectivity index (χ2v) is 6.19. The third-order valence-electron chi connectivity index (χ3n) is 4.72. The van der Waals surface area contributed by atoms with E-state index in [0.717, 1.165) is 24.9 Å². The van der Waals surface area contributed by atoms with Gasteiger partial charge in [-0.25, -0.2) is 0 Å². The molecule has 2 aliphatic rings. The van der Waals surface area contributed by atoms with Crippen molar-refractivity contribution in [1.82, 2.24) is 4.90 Å². The maximum atomic E-state index is 12.5. The lowest BCUT2D eigenvalue weighted by Crippen LogP contribution is -2.46. The van der Waals surface area contributed by atoms with Crippen molar-refractivity contribution in [2.24, 2.45) is 5.92 Å². The number of nitrogens with zero attached hydrogens (tertiary/aromatic N) is 1. The van der Waals surface area contributed by atoms with Crippen LogP contribution in [-0.4, -0.2) is 41.7 Å². The van der Waals surface area contributed by atoms with E-state index in [1.807, 2.05) is 19.1 Å². The molecule has 1 aromatic carbocycles. The molecule has 1 aromatic rings. The van der Waals surface area contributed by atoms with Crippen LogP contribution in [0.5, 0.6) is 0 Å². The number of fused-ring (bicyclic) bond motifs is 1. The minimum atomic E-state index is -0.401. The summed E-state index contributed by atoms with van der Waals surface area (Å²) in [6.07, 6.45) is 1.62. The van der Waals surface area contributed by atoms with Gasteiger partial charge in [0.25, 0.3) is 0 Å². The number of likely N-dealkylation sites (tertiary alicyclic amines) is 1. The second kappa shape index (κ2) is 6.16. The summed E-state index contributed by atoms with van der Waals surface area (Å²) in [4.78, 5) is 14.2. The summed E-state index contributed by atoms with van der Waals surface area (Å²) >= 11 is 0. The van der Waals surface area contributed by atoms with Gasteiger partial charge in [0.2, 0.25) is 5.91 Å². The molecule has 4 heteroatoms. The van der Waals surface area contributed by atoms with Crippen LogP contribution >= 0.6 is 0 Å². The van der Waals surface area contributed by atoms with Crippen LogP contribution in [0.1, 0.15) is 37.0 Å². The third kappa shape index (κ3) is 3.11. The molecule has 114 valence electrons. The van der Waals surface area contributed by atoms with Crippen LogP contribution in [-0.2, 0) is 16.0 Å². The molecule has 1 amide bonds. The van der Waals surface area contributed by atoms with E-state index in [0.29, 0.717) is 19.6 Å². The molecule has 21 heavy (non-hydrogen) atoms. The van der Waals surface area contributed by atoms with E-state index in [1.165, 1.54) is 5.56 Å². The Bertz CT molecular complexity index is 517. The monoisotopic (exact) mass is 289 g/mol. The molecule has 4 nitrogen and oxygen atoms in total. The fourth-order valence-electron chi connectivity index (χ4n) is 3.21. The molecule has 1 saturated heterocycles. The van der Waals surface area contributed by atoms with E-state index >= 15 is 0 Å². The Kier molecular flexibility index (Phi) is 4.27. The molecule has 0 saturated carbocycles. The first kappa shape index (κ1) is 14.5. The number of carbonyl (C=O) groups excluding carboxylic acids is 1. The normalized spacial score (nSPS) is 29.0. The fourth-order valence-corrected chi connectivity index (χ4v) is 3.21. The number of amides is 1. The number of hydrogen-bond donors (Lipinski definition) is 1. The van der Waals surface area contributed by atoms with Crippen LogP contribution in [0.25, 0.3) is 0 Å². The van der Waals surface area contributed by atoms with Gasteiger partial charge in [-0.05, 0) is 29.9 Å². The maximum absolute atomic E-state index is 12.5. The van der Waals surface area contributed by atoms with Gasteiger partial charge in [-0.2, -0.15) is 0 Å². The highest BCUT2D eigenvalue weighted by molar-refractivity contribution is 5.77. The fraction of sp³-hybridized carbons (Fsp3) is 0.588. The quantitative estimate of drug-likeness (QED) is 0.905. The Labute approximate surface area is 125 Å². The van der Waals surface area contributed by atoms with Crippen LogP contribution in [0.2, 0.25) is 0 Å². The number of piperidine rings is 1. The predicted octanol–water partition coefficient (Wildman–Crippen LogP) is 1.92. The minimum absolute atomic E-state index is 0.0858. The van der Waals surface area contributed by atoms with E-state index in [-0.39, 0.29) is 17.9 Å². The lowest BCUT2D eigenvalue weighted by Gasteiger charge is -2.35. The number of rotatable bonds is 2. The minimum Gasteiger partial charge on any atom is -0.391 e. The molecule has 0 radical (unpaired) electrons. The summed E-state index contributed by atoms with van der Waals surface area (Å²) < 4.78 is 5.80. The molecule has 0 bridgehead atoms. The van der Waals surface area contributed by atoms with E-state index in [9.17, 15) is 9.90 Å². The topological polar surface area (TPSA) is 49.8 Å². The Balaban J connectivity index is 1.66. The van der Waals surface area contributed by atoms with Gasteiger partial charge in [0.15, 0.2) is 0 Å².